The maximum absolute atomic E-state index is 12.4. The van der Waals surface area contributed by atoms with Gasteiger partial charge >= 0.3 is 0 Å². The van der Waals surface area contributed by atoms with Gasteiger partial charge in [0.1, 0.15) is 0 Å². The predicted octanol–water partition coefficient (Wildman–Crippen LogP) is 3.22. The molecule has 0 radical (unpaired) electrons. The first-order chi connectivity index (χ1) is 13.2. The highest BCUT2D eigenvalue weighted by Crippen LogP contribution is 2.08. The van der Waals surface area contributed by atoms with Crippen LogP contribution in [0, 0.1) is 6.92 Å². The number of nitrogens with one attached hydrogen (secondary N) is 1. The van der Waals surface area contributed by atoms with Gasteiger partial charge in [-0.3, -0.25) is 19.7 Å². The number of carbonyl (C=O) groups is 1. The van der Waals surface area contributed by atoms with E-state index in [1.165, 1.54) is 0 Å². The minimum absolute atomic E-state index is 0.0382. The zero-order valence-corrected chi connectivity index (χ0v) is 15.5. The summed E-state index contributed by atoms with van der Waals surface area (Å²) in [6, 6.07) is 19.4. The van der Waals surface area contributed by atoms with Crippen molar-refractivity contribution in [2.45, 2.75) is 20.0 Å². The zero-order chi connectivity index (χ0) is 18.9. The Morgan fingerprint density at radius 1 is 0.889 bits per heavy atom. The molecule has 0 spiro atoms. The van der Waals surface area contributed by atoms with Crippen molar-refractivity contribution >= 4 is 5.91 Å². The smallest absolute Gasteiger partial charge is 0.251 e. The average Bonchev–Trinajstić information content (AvgIpc) is 2.70. The van der Waals surface area contributed by atoms with E-state index in [9.17, 15) is 4.79 Å². The standard InChI is InChI=1S/C22H24N4O/c1-18-8-2-3-11-21(18)22(27)25-14-15-26(16-19-9-4-6-12-23-19)17-20-10-5-7-13-24-20/h2-13H,14-17H2,1H3,(H,25,27). The quantitative estimate of drug-likeness (QED) is 0.670. The molecule has 27 heavy (non-hydrogen) atoms. The van der Waals surface area contributed by atoms with E-state index in [1.807, 2.05) is 67.6 Å². The Morgan fingerprint density at radius 3 is 2.04 bits per heavy atom. The molecule has 5 nitrogen and oxygen atoms in total. The largest absolute Gasteiger partial charge is 0.351 e. The number of aromatic nitrogens is 2. The number of pyridine rings is 2. The van der Waals surface area contributed by atoms with E-state index in [0.29, 0.717) is 26.2 Å². The number of rotatable bonds is 8. The molecule has 0 unspecified atom stereocenters. The number of nitrogens with zero attached hydrogens (tertiary/aromatic N) is 3. The van der Waals surface area contributed by atoms with Gasteiger partial charge in [0.25, 0.3) is 5.91 Å². The molecule has 0 atom stereocenters. The number of hydrogen-bond donors (Lipinski definition) is 1. The Hall–Kier alpha value is -3.05. The van der Waals surface area contributed by atoms with E-state index >= 15 is 0 Å². The van der Waals surface area contributed by atoms with Crippen LogP contribution in [0.3, 0.4) is 0 Å². The molecule has 138 valence electrons. The van der Waals surface area contributed by atoms with Crippen LogP contribution >= 0.6 is 0 Å². The van der Waals surface area contributed by atoms with Gasteiger partial charge in [-0.25, -0.2) is 0 Å². The number of amides is 1. The average molecular weight is 360 g/mol. The monoisotopic (exact) mass is 360 g/mol. The van der Waals surface area contributed by atoms with Crippen molar-refractivity contribution in [1.82, 2.24) is 20.2 Å². The van der Waals surface area contributed by atoms with Crippen molar-refractivity contribution in [2.75, 3.05) is 13.1 Å². The van der Waals surface area contributed by atoms with E-state index in [4.69, 9.17) is 0 Å². The molecule has 1 amide bonds. The Labute approximate surface area is 160 Å². The maximum atomic E-state index is 12.4. The molecule has 0 saturated heterocycles. The minimum Gasteiger partial charge on any atom is -0.351 e. The van der Waals surface area contributed by atoms with Crippen LogP contribution in [0.2, 0.25) is 0 Å². The van der Waals surface area contributed by atoms with Gasteiger partial charge in [0, 0.05) is 44.1 Å². The molecule has 0 saturated carbocycles. The third-order valence-electron chi connectivity index (χ3n) is 4.33. The highest BCUT2D eigenvalue weighted by Gasteiger charge is 2.11. The summed E-state index contributed by atoms with van der Waals surface area (Å²) < 4.78 is 0. The molecular weight excluding hydrogens is 336 g/mol. The second kappa shape index (κ2) is 9.59. The summed E-state index contributed by atoms with van der Waals surface area (Å²) in [6.45, 7) is 4.64. The molecule has 1 N–H and O–H groups in total. The number of hydrogen-bond acceptors (Lipinski definition) is 4. The summed E-state index contributed by atoms with van der Waals surface area (Å²) in [5.41, 5.74) is 3.70. The Bertz CT molecular complexity index is 811. The van der Waals surface area contributed by atoms with Crippen LogP contribution in [0.25, 0.3) is 0 Å². The van der Waals surface area contributed by atoms with Crippen LogP contribution in [0.1, 0.15) is 27.3 Å². The lowest BCUT2D eigenvalue weighted by Crippen LogP contribution is -2.35. The first-order valence-electron chi connectivity index (χ1n) is 9.08. The SMILES string of the molecule is Cc1ccccc1C(=O)NCCN(Cc1ccccn1)Cc1ccccn1. The minimum atomic E-state index is -0.0382. The molecule has 0 bridgehead atoms. The van der Waals surface area contributed by atoms with Gasteiger partial charge in [-0.15, -0.1) is 0 Å². The van der Waals surface area contributed by atoms with Gasteiger partial charge in [-0.2, -0.15) is 0 Å². The molecule has 0 aliphatic carbocycles. The molecule has 3 rings (SSSR count). The molecule has 2 aromatic heterocycles. The molecule has 3 aromatic rings. The second-order valence-electron chi connectivity index (χ2n) is 6.42. The lowest BCUT2D eigenvalue weighted by molar-refractivity contribution is 0.0946. The third kappa shape index (κ3) is 5.72. The highest BCUT2D eigenvalue weighted by atomic mass is 16.1. The van der Waals surface area contributed by atoms with Crippen LogP contribution in [0.5, 0.6) is 0 Å². The molecule has 0 aliphatic heterocycles. The molecule has 0 fully saturated rings. The molecule has 2 heterocycles. The van der Waals surface area contributed by atoms with Gasteiger partial charge in [0.2, 0.25) is 0 Å². The number of aryl methyl sites for hydroxylation is 1. The molecule has 5 heteroatoms. The molecule has 1 aromatic carbocycles. The lowest BCUT2D eigenvalue weighted by atomic mass is 10.1. The Balaban J connectivity index is 1.60. The van der Waals surface area contributed by atoms with Crippen LogP contribution in [-0.4, -0.2) is 33.9 Å². The fraction of sp³-hybridized carbons (Fsp3) is 0.227. The maximum Gasteiger partial charge on any atom is 0.251 e. The van der Waals surface area contributed by atoms with Crippen molar-refractivity contribution in [3.63, 3.8) is 0 Å². The van der Waals surface area contributed by atoms with E-state index < -0.39 is 0 Å². The Morgan fingerprint density at radius 2 is 1.48 bits per heavy atom. The van der Waals surface area contributed by atoms with Crippen LogP contribution in [0.4, 0.5) is 0 Å². The van der Waals surface area contributed by atoms with E-state index in [2.05, 4.69) is 20.2 Å². The van der Waals surface area contributed by atoms with Crippen molar-refractivity contribution in [3.8, 4) is 0 Å². The van der Waals surface area contributed by atoms with Crippen LogP contribution in [0.15, 0.2) is 73.1 Å². The fourth-order valence-electron chi connectivity index (χ4n) is 2.91. The highest BCUT2D eigenvalue weighted by molar-refractivity contribution is 5.95. The summed E-state index contributed by atoms with van der Waals surface area (Å²) in [7, 11) is 0. The van der Waals surface area contributed by atoms with Gasteiger partial charge in [-0.05, 0) is 42.8 Å². The zero-order valence-electron chi connectivity index (χ0n) is 15.5. The van der Waals surface area contributed by atoms with E-state index in [-0.39, 0.29) is 5.91 Å². The normalized spacial score (nSPS) is 10.7. The topological polar surface area (TPSA) is 58.1 Å². The number of carbonyl (C=O) groups excluding carboxylic acids is 1. The number of benzene rings is 1. The molecular formula is C22H24N4O. The van der Waals surface area contributed by atoms with E-state index in [1.54, 1.807) is 12.4 Å². The summed E-state index contributed by atoms with van der Waals surface area (Å²) in [4.78, 5) is 23.5. The first-order valence-corrected chi connectivity index (χ1v) is 9.08. The van der Waals surface area contributed by atoms with Gasteiger partial charge < -0.3 is 5.32 Å². The summed E-state index contributed by atoms with van der Waals surface area (Å²) in [5, 5.41) is 3.02. The van der Waals surface area contributed by atoms with Crippen molar-refractivity contribution < 1.29 is 4.79 Å². The Kier molecular flexibility index (Phi) is 6.66. The van der Waals surface area contributed by atoms with Crippen LogP contribution < -0.4 is 5.32 Å². The van der Waals surface area contributed by atoms with Crippen molar-refractivity contribution in [2.24, 2.45) is 0 Å². The molecule has 0 aliphatic rings. The van der Waals surface area contributed by atoms with Crippen molar-refractivity contribution in [1.29, 1.82) is 0 Å². The second-order valence-corrected chi connectivity index (χ2v) is 6.42. The predicted molar refractivity (Wildman–Crippen MR) is 106 cm³/mol. The third-order valence-corrected chi connectivity index (χ3v) is 4.33. The fourth-order valence-corrected chi connectivity index (χ4v) is 2.91. The summed E-state index contributed by atoms with van der Waals surface area (Å²) in [6.07, 6.45) is 3.60. The van der Waals surface area contributed by atoms with Gasteiger partial charge in [-0.1, -0.05) is 30.3 Å². The summed E-state index contributed by atoms with van der Waals surface area (Å²) in [5.74, 6) is -0.0382. The lowest BCUT2D eigenvalue weighted by Gasteiger charge is -2.22. The van der Waals surface area contributed by atoms with E-state index in [0.717, 1.165) is 22.5 Å². The van der Waals surface area contributed by atoms with Gasteiger partial charge in [0.15, 0.2) is 0 Å². The summed E-state index contributed by atoms with van der Waals surface area (Å²) >= 11 is 0. The van der Waals surface area contributed by atoms with Gasteiger partial charge in [0.05, 0.1) is 11.4 Å². The van der Waals surface area contributed by atoms with Crippen molar-refractivity contribution in [3.05, 3.63) is 95.6 Å². The van der Waals surface area contributed by atoms with Crippen LogP contribution in [-0.2, 0) is 13.1 Å². The first kappa shape index (κ1) is 18.7.